The highest BCUT2D eigenvalue weighted by Crippen LogP contribution is 2.40. The van der Waals surface area contributed by atoms with E-state index in [1.807, 2.05) is 0 Å². The summed E-state index contributed by atoms with van der Waals surface area (Å²) in [6, 6.07) is 1.69. The summed E-state index contributed by atoms with van der Waals surface area (Å²) in [4.78, 5) is 40.9. The standard InChI is InChI=1S/C23H29F4N5O4/c1-28-20(34)31-11-16(9-22(13-31)7-6-19(33)30-12-22)32(15-3-4-15)21(35)29-10-14-2-5-17(8-18(14)24)36-23(25,26)27/h2,5,8,15-16H,3-4,6-7,9-13H2,1H3,(H,28,34)(H,29,35)(H,30,33)/t16-,22?/m1/s1. The van der Waals surface area contributed by atoms with Crippen LogP contribution in [0.2, 0.25) is 0 Å². The van der Waals surface area contributed by atoms with Crippen LogP contribution in [0.4, 0.5) is 27.2 Å². The van der Waals surface area contributed by atoms with Crippen molar-refractivity contribution in [2.45, 2.75) is 57.1 Å². The lowest BCUT2D eigenvalue weighted by Gasteiger charge is -2.50. The van der Waals surface area contributed by atoms with Crippen LogP contribution in [0.3, 0.4) is 0 Å². The van der Waals surface area contributed by atoms with Gasteiger partial charge in [-0.15, -0.1) is 13.2 Å². The van der Waals surface area contributed by atoms with E-state index in [9.17, 15) is 31.9 Å². The summed E-state index contributed by atoms with van der Waals surface area (Å²) in [5.74, 6) is -1.66. The largest absolute Gasteiger partial charge is 0.573 e. The molecule has 1 aliphatic carbocycles. The van der Waals surface area contributed by atoms with E-state index >= 15 is 0 Å². The summed E-state index contributed by atoms with van der Waals surface area (Å²) in [7, 11) is 1.53. The summed E-state index contributed by atoms with van der Waals surface area (Å²) >= 11 is 0. The maximum absolute atomic E-state index is 14.4. The molecule has 36 heavy (non-hydrogen) atoms. The first-order chi connectivity index (χ1) is 17.0. The molecule has 1 saturated carbocycles. The summed E-state index contributed by atoms with van der Waals surface area (Å²) in [6.07, 6.45) is -1.80. The fourth-order valence-corrected chi connectivity index (χ4v) is 5.12. The van der Waals surface area contributed by atoms with E-state index in [2.05, 4.69) is 20.7 Å². The Morgan fingerprint density at radius 3 is 2.61 bits per heavy atom. The first-order valence-corrected chi connectivity index (χ1v) is 11.8. The number of rotatable bonds is 5. The number of piperidine rings is 2. The number of alkyl halides is 3. The number of urea groups is 2. The second kappa shape index (κ2) is 10.0. The van der Waals surface area contributed by atoms with Crippen molar-refractivity contribution in [2.24, 2.45) is 5.41 Å². The van der Waals surface area contributed by atoms with Gasteiger partial charge in [-0.2, -0.15) is 0 Å². The second-order valence-electron chi connectivity index (χ2n) is 9.67. The zero-order chi connectivity index (χ0) is 26.1. The van der Waals surface area contributed by atoms with Crippen LogP contribution >= 0.6 is 0 Å². The minimum absolute atomic E-state index is 0.00992. The van der Waals surface area contributed by atoms with Gasteiger partial charge in [0.2, 0.25) is 5.91 Å². The Kier molecular flexibility index (Phi) is 7.19. The van der Waals surface area contributed by atoms with E-state index in [1.165, 1.54) is 7.05 Å². The topological polar surface area (TPSA) is 103 Å². The molecule has 3 N–H and O–H groups in total. The molecule has 4 rings (SSSR count). The number of halogens is 4. The Bertz CT molecular complexity index is 1010. The monoisotopic (exact) mass is 515 g/mol. The molecule has 0 bridgehead atoms. The van der Waals surface area contributed by atoms with Crippen LogP contribution in [0, 0.1) is 11.2 Å². The molecular weight excluding hydrogens is 486 g/mol. The molecule has 3 fully saturated rings. The van der Waals surface area contributed by atoms with Gasteiger partial charge in [0.25, 0.3) is 0 Å². The van der Waals surface area contributed by atoms with Gasteiger partial charge in [0.15, 0.2) is 0 Å². The molecule has 2 atom stereocenters. The summed E-state index contributed by atoms with van der Waals surface area (Å²) in [5.41, 5.74) is -0.354. The molecule has 1 aromatic carbocycles. The Morgan fingerprint density at radius 1 is 1.28 bits per heavy atom. The molecule has 1 spiro atoms. The van der Waals surface area contributed by atoms with Gasteiger partial charge < -0.3 is 30.5 Å². The number of hydrogen-bond donors (Lipinski definition) is 3. The number of carbonyl (C=O) groups is 3. The third kappa shape index (κ3) is 6.11. The predicted molar refractivity (Wildman–Crippen MR) is 119 cm³/mol. The average molecular weight is 516 g/mol. The first kappa shape index (κ1) is 25.8. The highest BCUT2D eigenvalue weighted by molar-refractivity contribution is 5.78. The molecule has 5 amide bonds. The van der Waals surface area contributed by atoms with E-state index in [-0.39, 0.29) is 41.5 Å². The van der Waals surface area contributed by atoms with Crippen molar-refractivity contribution >= 4 is 18.0 Å². The van der Waals surface area contributed by atoms with E-state index in [0.717, 1.165) is 25.0 Å². The van der Waals surface area contributed by atoms with Crippen LogP contribution in [-0.2, 0) is 11.3 Å². The van der Waals surface area contributed by atoms with Crippen LogP contribution in [-0.4, -0.2) is 72.9 Å². The van der Waals surface area contributed by atoms with Gasteiger partial charge in [-0.05, 0) is 31.7 Å². The van der Waals surface area contributed by atoms with Crippen LogP contribution in [0.25, 0.3) is 0 Å². The lowest BCUT2D eigenvalue weighted by molar-refractivity contribution is -0.274. The second-order valence-corrected chi connectivity index (χ2v) is 9.67. The zero-order valence-corrected chi connectivity index (χ0v) is 19.8. The van der Waals surface area contributed by atoms with Crippen molar-refractivity contribution in [3.8, 4) is 5.75 Å². The Balaban J connectivity index is 1.47. The third-order valence-corrected chi connectivity index (χ3v) is 6.93. The molecule has 3 aliphatic rings. The smallest absolute Gasteiger partial charge is 0.406 e. The van der Waals surface area contributed by atoms with E-state index < -0.39 is 24.0 Å². The SMILES string of the molecule is CNC(=O)N1C[C@H](N(C(=O)NCc2ccc(OC(F)(F)F)cc2F)C2CC2)CC2(CCC(=O)NC2)C1. The summed E-state index contributed by atoms with van der Waals surface area (Å²) in [5, 5.41) is 8.19. The van der Waals surface area contributed by atoms with Gasteiger partial charge in [0.1, 0.15) is 11.6 Å². The fourth-order valence-electron chi connectivity index (χ4n) is 5.12. The molecule has 2 heterocycles. The van der Waals surface area contributed by atoms with Gasteiger partial charge in [0.05, 0.1) is 6.04 Å². The van der Waals surface area contributed by atoms with Crippen molar-refractivity contribution in [2.75, 3.05) is 26.7 Å². The predicted octanol–water partition coefficient (Wildman–Crippen LogP) is 2.71. The molecule has 0 aromatic heterocycles. The number of hydrogen-bond acceptors (Lipinski definition) is 4. The molecule has 0 radical (unpaired) electrons. The molecule has 1 unspecified atom stereocenters. The van der Waals surface area contributed by atoms with Gasteiger partial charge >= 0.3 is 18.4 Å². The lowest BCUT2D eigenvalue weighted by Crippen LogP contribution is -2.63. The lowest BCUT2D eigenvalue weighted by atomic mass is 9.72. The number of nitrogens with one attached hydrogen (secondary N) is 3. The maximum Gasteiger partial charge on any atom is 0.573 e. The van der Waals surface area contributed by atoms with E-state index in [1.54, 1.807) is 9.80 Å². The van der Waals surface area contributed by atoms with E-state index in [4.69, 9.17) is 0 Å². The summed E-state index contributed by atoms with van der Waals surface area (Å²) < 4.78 is 55.2. The molecule has 2 aliphatic heterocycles. The normalized spacial score (nSPS) is 24.2. The van der Waals surface area contributed by atoms with Crippen molar-refractivity contribution in [1.29, 1.82) is 0 Å². The van der Waals surface area contributed by atoms with Crippen molar-refractivity contribution in [1.82, 2.24) is 25.8 Å². The molecule has 2 saturated heterocycles. The Hall–Kier alpha value is -3.25. The number of ether oxygens (including phenoxy) is 1. The van der Waals surface area contributed by atoms with Crippen LogP contribution < -0.4 is 20.7 Å². The molecule has 13 heteroatoms. The highest BCUT2D eigenvalue weighted by atomic mass is 19.4. The van der Waals surface area contributed by atoms with Gasteiger partial charge in [0, 0.05) is 62.7 Å². The molecule has 9 nitrogen and oxygen atoms in total. The highest BCUT2D eigenvalue weighted by Gasteiger charge is 2.48. The average Bonchev–Trinajstić information content (AvgIpc) is 3.64. The van der Waals surface area contributed by atoms with E-state index in [0.29, 0.717) is 45.0 Å². The van der Waals surface area contributed by atoms with Crippen LogP contribution in [0.5, 0.6) is 5.75 Å². The number of carbonyl (C=O) groups excluding carboxylic acids is 3. The molecule has 198 valence electrons. The molecular formula is C23H29F4N5O4. The maximum atomic E-state index is 14.4. The Labute approximate surface area is 205 Å². The third-order valence-electron chi connectivity index (χ3n) is 6.93. The van der Waals surface area contributed by atoms with Crippen molar-refractivity contribution in [3.63, 3.8) is 0 Å². The van der Waals surface area contributed by atoms with Crippen LogP contribution in [0.15, 0.2) is 18.2 Å². The quantitative estimate of drug-likeness (QED) is 0.525. The van der Waals surface area contributed by atoms with Gasteiger partial charge in [-0.1, -0.05) is 6.07 Å². The number of nitrogens with zero attached hydrogens (tertiary/aromatic N) is 2. The van der Waals surface area contributed by atoms with Gasteiger partial charge in [-0.25, -0.2) is 14.0 Å². The number of amides is 5. The molecule has 1 aromatic rings. The number of benzene rings is 1. The Morgan fingerprint density at radius 2 is 2.03 bits per heavy atom. The zero-order valence-electron chi connectivity index (χ0n) is 19.8. The minimum Gasteiger partial charge on any atom is -0.406 e. The fraction of sp³-hybridized carbons (Fsp3) is 0.609. The van der Waals surface area contributed by atoms with Crippen molar-refractivity contribution < 1.29 is 36.7 Å². The number of likely N-dealkylation sites (tertiary alicyclic amines) is 1. The first-order valence-electron chi connectivity index (χ1n) is 11.8. The van der Waals surface area contributed by atoms with Gasteiger partial charge in [-0.3, -0.25) is 4.79 Å². The van der Waals surface area contributed by atoms with Crippen molar-refractivity contribution in [3.05, 3.63) is 29.6 Å². The van der Waals surface area contributed by atoms with Crippen LogP contribution in [0.1, 0.15) is 37.7 Å². The minimum atomic E-state index is -4.94. The summed E-state index contributed by atoms with van der Waals surface area (Å²) in [6.45, 7) is 0.957.